The van der Waals surface area contributed by atoms with Gasteiger partial charge in [-0.25, -0.2) is 4.98 Å². The number of likely N-dealkylation sites (N-methyl/N-ethyl adjacent to an activating group) is 1. The Morgan fingerprint density at radius 3 is 3.07 bits per heavy atom. The van der Waals surface area contributed by atoms with Crippen LogP contribution >= 0.6 is 0 Å². The molecule has 0 saturated carbocycles. The number of anilines is 1. The third-order valence-corrected chi connectivity index (χ3v) is 2.00. The second kappa shape index (κ2) is 5.40. The van der Waals surface area contributed by atoms with Gasteiger partial charge in [0, 0.05) is 31.9 Å². The summed E-state index contributed by atoms with van der Waals surface area (Å²) < 4.78 is 0. The van der Waals surface area contributed by atoms with Gasteiger partial charge >= 0.3 is 0 Å². The van der Waals surface area contributed by atoms with Crippen LogP contribution in [0.25, 0.3) is 0 Å². The molecule has 1 aromatic heterocycles. The largest absolute Gasteiger partial charge is 0.356 e. The number of aromatic nitrogens is 1. The Morgan fingerprint density at radius 2 is 2.43 bits per heavy atom. The number of hydrogen-bond acceptors (Lipinski definition) is 3. The van der Waals surface area contributed by atoms with Crippen molar-refractivity contribution in [1.82, 2.24) is 10.3 Å². The predicted molar refractivity (Wildman–Crippen MR) is 60.5 cm³/mol. The summed E-state index contributed by atoms with van der Waals surface area (Å²) >= 11 is 0. The smallest absolute Gasteiger partial charge is 0.133 e. The summed E-state index contributed by atoms with van der Waals surface area (Å²) in [4.78, 5) is 6.44. The fourth-order valence-corrected chi connectivity index (χ4v) is 1.38. The number of pyridine rings is 1. The normalized spacial score (nSPS) is 9.86. The summed E-state index contributed by atoms with van der Waals surface area (Å²) in [6.07, 6.45) is 3.69. The fourth-order valence-electron chi connectivity index (χ4n) is 1.38. The van der Waals surface area contributed by atoms with Crippen molar-refractivity contribution in [1.29, 1.82) is 0 Å². The van der Waals surface area contributed by atoms with Gasteiger partial charge in [-0.05, 0) is 13.1 Å². The van der Waals surface area contributed by atoms with Crippen LogP contribution in [0.15, 0.2) is 31.0 Å². The van der Waals surface area contributed by atoms with E-state index in [0.717, 1.165) is 18.9 Å². The molecule has 0 unspecified atom stereocenters. The molecule has 1 N–H and O–H groups in total. The number of nitrogens with one attached hydrogen (secondary N) is 1. The maximum Gasteiger partial charge on any atom is 0.133 e. The first kappa shape index (κ1) is 10.7. The summed E-state index contributed by atoms with van der Waals surface area (Å²) in [5.74, 6) is 1.02. The molecule has 0 bridgehead atoms. The SMILES string of the molecule is C=CCN(C)c1ncccc1CNC. The van der Waals surface area contributed by atoms with Gasteiger partial charge in [-0.1, -0.05) is 12.1 Å². The van der Waals surface area contributed by atoms with Gasteiger partial charge < -0.3 is 10.2 Å². The third kappa shape index (κ3) is 2.57. The van der Waals surface area contributed by atoms with Crippen molar-refractivity contribution in [3.05, 3.63) is 36.5 Å². The van der Waals surface area contributed by atoms with Gasteiger partial charge in [0.05, 0.1) is 0 Å². The second-order valence-corrected chi connectivity index (χ2v) is 3.19. The van der Waals surface area contributed by atoms with E-state index in [1.54, 1.807) is 0 Å². The first-order chi connectivity index (χ1) is 6.79. The topological polar surface area (TPSA) is 28.2 Å². The standard InChI is InChI=1S/C11H17N3/c1-4-8-14(3)11-10(9-12-2)6-5-7-13-11/h4-7,12H,1,8-9H2,2-3H3. The van der Waals surface area contributed by atoms with Crippen molar-refractivity contribution in [2.45, 2.75) is 6.54 Å². The average Bonchev–Trinajstić information content (AvgIpc) is 2.19. The molecule has 0 radical (unpaired) electrons. The Kier molecular flexibility index (Phi) is 4.13. The molecule has 3 heteroatoms. The maximum absolute atomic E-state index is 4.35. The monoisotopic (exact) mass is 191 g/mol. The molecule has 0 aliphatic heterocycles. The number of hydrogen-bond donors (Lipinski definition) is 1. The van der Waals surface area contributed by atoms with Crippen LogP contribution in [-0.4, -0.2) is 25.6 Å². The Bertz CT molecular complexity index is 296. The van der Waals surface area contributed by atoms with Gasteiger partial charge in [0.15, 0.2) is 0 Å². The van der Waals surface area contributed by atoms with Gasteiger partial charge in [-0.15, -0.1) is 6.58 Å². The van der Waals surface area contributed by atoms with Crippen molar-refractivity contribution in [2.75, 3.05) is 25.5 Å². The van der Waals surface area contributed by atoms with Gasteiger partial charge in [-0.3, -0.25) is 0 Å². The average molecular weight is 191 g/mol. The molecular formula is C11H17N3. The van der Waals surface area contributed by atoms with Crippen LogP contribution < -0.4 is 10.2 Å². The molecule has 3 nitrogen and oxygen atoms in total. The summed E-state index contributed by atoms with van der Waals surface area (Å²) in [6.45, 7) is 5.37. The lowest BCUT2D eigenvalue weighted by molar-refractivity contribution is 0.804. The van der Waals surface area contributed by atoms with E-state index in [1.807, 2.05) is 32.4 Å². The molecule has 76 valence electrons. The van der Waals surface area contributed by atoms with Crippen LogP contribution in [-0.2, 0) is 6.54 Å². The van der Waals surface area contributed by atoms with E-state index in [0.29, 0.717) is 0 Å². The van der Waals surface area contributed by atoms with Crippen molar-refractivity contribution >= 4 is 5.82 Å². The minimum Gasteiger partial charge on any atom is -0.356 e. The van der Waals surface area contributed by atoms with Crippen LogP contribution in [0.3, 0.4) is 0 Å². The maximum atomic E-state index is 4.35. The van der Waals surface area contributed by atoms with Crippen LogP contribution in [0.1, 0.15) is 5.56 Å². The first-order valence-corrected chi connectivity index (χ1v) is 4.70. The molecule has 0 fully saturated rings. The third-order valence-electron chi connectivity index (χ3n) is 2.00. The van der Waals surface area contributed by atoms with E-state index in [4.69, 9.17) is 0 Å². The van der Waals surface area contributed by atoms with Gasteiger partial charge in [0.2, 0.25) is 0 Å². The highest BCUT2D eigenvalue weighted by molar-refractivity contribution is 5.46. The Labute approximate surface area is 85.5 Å². The minimum atomic E-state index is 0.813. The molecule has 0 atom stereocenters. The number of rotatable bonds is 5. The molecule has 1 aromatic rings. The van der Waals surface area contributed by atoms with E-state index < -0.39 is 0 Å². The zero-order valence-electron chi connectivity index (χ0n) is 8.83. The minimum absolute atomic E-state index is 0.813. The lowest BCUT2D eigenvalue weighted by atomic mass is 10.2. The molecule has 0 saturated heterocycles. The lowest BCUT2D eigenvalue weighted by Crippen LogP contribution is -2.21. The van der Waals surface area contributed by atoms with Crippen LogP contribution in [0.4, 0.5) is 5.82 Å². The fraction of sp³-hybridized carbons (Fsp3) is 0.364. The molecular weight excluding hydrogens is 174 g/mol. The Morgan fingerprint density at radius 1 is 1.64 bits per heavy atom. The molecule has 0 spiro atoms. The highest BCUT2D eigenvalue weighted by Gasteiger charge is 2.05. The van der Waals surface area contributed by atoms with Crippen molar-refractivity contribution in [3.63, 3.8) is 0 Å². The molecule has 1 heterocycles. The Hall–Kier alpha value is -1.35. The molecule has 0 amide bonds. The molecule has 0 aliphatic carbocycles. The summed E-state index contributed by atoms with van der Waals surface area (Å²) in [5, 5.41) is 3.13. The van der Waals surface area contributed by atoms with Gasteiger partial charge in [0.1, 0.15) is 5.82 Å². The lowest BCUT2D eigenvalue weighted by Gasteiger charge is -2.19. The van der Waals surface area contributed by atoms with E-state index in [1.165, 1.54) is 5.56 Å². The predicted octanol–water partition coefficient (Wildman–Crippen LogP) is 1.42. The van der Waals surface area contributed by atoms with Crippen molar-refractivity contribution < 1.29 is 0 Å². The van der Waals surface area contributed by atoms with E-state index in [2.05, 4.69) is 27.8 Å². The summed E-state index contributed by atoms with van der Waals surface area (Å²) in [6, 6.07) is 4.04. The quantitative estimate of drug-likeness (QED) is 0.713. The molecule has 0 aliphatic rings. The Balaban J connectivity index is 2.87. The first-order valence-electron chi connectivity index (χ1n) is 4.70. The summed E-state index contributed by atoms with van der Waals surface area (Å²) in [7, 11) is 3.95. The van der Waals surface area contributed by atoms with Crippen molar-refractivity contribution in [2.24, 2.45) is 0 Å². The second-order valence-electron chi connectivity index (χ2n) is 3.19. The zero-order valence-corrected chi connectivity index (χ0v) is 8.83. The highest BCUT2D eigenvalue weighted by atomic mass is 15.2. The van der Waals surface area contributed by atoms with Gasteiger partial charge in [0.25, 0.3) is 0 Å². The van der Waals surface area contributed by atoms with Crippen LogP contribution in [0.5, 0.6) is 0 Å². The van der Waals surface area contributed by atoms with Crippen LogP contribution in [0.2, 0.25) is 0 Å². The van der Waals surface area contributed by atoms with Crippen molar-refractivity contribution in [3.8, 4) is 0 Å². The van der Waals surface area contributed by atoms with Crippen LogP contribution in [0, 0.1) is 0 Å². The van der Waals surface area contributed by atoms with Gasteiger partial charge in [-0.2, -0.15) is 0 Å². The number of nitrogens with zero attached hydrogens (tertiary/aromatic N) is 2. The van der Waals surface area contributed by atoms with E-state index in [-0.39, 0.29) is 0 Å². The molecule has 14 heavy (non-hydrogen) atoms. The van der Waals surface area contributed by atoms with E-state index >= 15 is 0 Å². The molecule has 1 rings (SSSR count). The van der Waals surface area contributed by atoms with E-state index in [9.17, 15) is 0 Å². The molecule has 0 aromatic carbocycles. The highest BCUT2D eigenvalue weighted by Crippen LogP contribution is 2.14. The summed E-state index contributed by atoms with van der Waals surface area (Å²) in [5.41, 5.74) is 1.21. The zero-order chi connectivity index (χ0) is 10.4.